The van der Waals surface area contributed by atoms with E-state index in [0.717, 1.165) is 29.6 Å². The van der Waals surface area contributed by atoms with Gasteiger partial charge in [-0.1, -0.05) is 0 Å². The van der Waals surface area contributed by atoms with Crippen LogP contribution < -0.4 is 4.74 Å². The molecule has 1 saturated carbocycles. The number of ether oxygens (including phenoxy) is 1. The van der Waals surface area contributed by atoms with Gasteiger partial charge in [0, 0.05) is 16.8 Å². The second-order valence-corrected chi connectivity index (χ2v) is 6.25. The maximum Gasteiger partial charge on any atom is 0.263 e. The molecule has 124 valence electrons. The summed E-state index contributed by atoms with van der Waals surface area (Å²) in [6.45, 7) is 2.53. The molecule has 0 spiro atoms. The van der Waals surface area contributed by atoms with Gasteiger partial charge in [0.05, 0.1) is 17.6 Å². The summed E-state index contributed by atoms with van der Waals surface area (Å²) in [5.41, 5.74) is 3.55. The lowest BCUT2D eigenvalue weighted by Crippen LogP contribution is -2.02. The summed E-state index contributed by atoms with van der Waals surface area (Å²) in [5, 5.41) is 0. The molecule has 2 aromatic heterocycles. The number of alkyl halides is 2. The third-order valence-corrected chi connectivity index (χ3v) is 4.23. The number of halogens is 2. The normalized spacial score (nSPS) is 14.5. The Balaban J connectivity index is 1.84. The molecule has 0 radical (unpaired) electrons. The van der Waals surface area contributed by atoms with E-state index in [1.165, 1.54) is 18.5 Å². The molecule has 4 rings (SSSR count). The van der Waals surface area contributed by atoms with Gasteiger partial charge in [0.1, 0.15) is 17.8 Å². The van der Waals surface area contributed by atoms with Crippen LogP contribution in [0.25, 0.3) is 22.3 Å². The van der Waals surface area contributed by atoms with E-state index in [1.54, 1.807) is 6.07 Å². The van der Waals surface area contributed by atoms with E-state index < -0.39 is 6.43 Å². The van der Waals surface area contributed by atoms with Gasteiger partial charge in [-0.25, -0.2) is 18.7 Å². The number of hydrogen-bond donors (Lipinski definition) is 1. The highest BCUT2D eigenvalue weighted by molar-refractivity contribution is 5.91. The minimum absolute atomic E-state index is 0.0428. The summed E-state index contributed by atoms with van der Waals surface area (Å²) < 4.78 is 32.2. The van der Waals surface area contributed by atoms with Gasteiger partial charge >= 0.3 is 0 Å². The fraction of sp³-hybridized carbons (Fsp3) is 0.333. The highest BCUT2D eigenvalue weighted by atomic mass is 19.3. The van der Waals surface area contributed by atoms with Gasteiger partial charge in [0.25, 0.3) is 6.43 Å². The molecule has 0 aliphatic heterocycles. The quantitative estimate of drug-likeness (QED) is 0.740. The van der Waals surface area contributed by atoms with Crippen LogP contribution in [0.3, 0.4) is 0 Å². The lowest BCUT2D eigenvalue weighted by atomic mass is 10.1. The second-order valence-electron chi connectivity index (χ2n) is 6.25. The molecule has 2 heterocycles. The lowest BCUT2D eigenvalue weighted by Gasteiger charge is -2.13. The predicted octanol–water partition coefficient (Wildman–Crippen LogP) is 4.66. The van der Waals surface area contributed by atoms with Crippen molar-refractivity contribution in [2.45, 2.75) is 26.2 Å². The number of nitrogens with one attached hydrogen (secondary N) is 1. The maximum absolute atomic E-state index is 13.2. The average Bonchev–Trinajstić information content (AvgIpc) is 3.31. The van der Waals surface area contributed by atoms with Gasteiger partial charge in [-0.05, 0) is 49.9 Å². The number of benzene rings is 1. The van der Waals surface area contributed by atoms with E-state index in [-0.39, 0.29) is 5.56 Å². The van der Waals surface area contributed by atoms with E-state index in [9.17, 15) is 8.78 Å². The van der Waals surface area contributed by atoms with Crippen molar-refractivity contribution >= 4 is 11.0 Å². The molecule has 1 aliphatic rings. The summed E-state index contributed by atoms with van der Waals surface area (Å²) in [6, 6.07) is 6.39. The first-order valence-corrected chi connectivity index (χ1v) is 7.97. The van der Waals surface area contributed by atoms with Gasteiger partial charge in [0.15, 0.2) is 0 Å². The molecule has 0 atom stereocenters. The fourth-order valence-electron chi connectivity index (χ4n) is 2.76. The molecule has 3 aromatic rings. The van der Waals surface area contributed by atoms with Crippen LogP contribution in [0.2, 0.25) is 0 Å². The Kier molecular flexibility index (Phi) is 3.67. The third-order valence-electron chi connectivity index (χ3n) is 4.23. The molecule has 0 unspecified atom stereocenters. The SMILES string of the molecule is Cc1cc2ncnc(-c3cc(C(F)F)ccc3OCC3CC3)c2[nH]1. The lowest BCUT2D eigenvalue weighted by molar-refractivity contribution is 0.151. The predicted molar refractivity (Wildman–Crippen MR) is 87.2 cm³/mol. The molecule has 1 N–H and O–H groups in total. The first kappa shape index (κ1) is 15.1. The molecular formula is C18H17F2N3O. The van der Waals surface area contributed by atoms with Crippen LogP contribution in [-0.4, -0.2) is 21.6 Å². The number of fused-ring (bicyclic) bond motifs is 1. The summed E-state index contributed by atoms with van der Waals surface area (Å²) in [5.74, 6) is 1.16. The standard InChI is InChI=1S/C18H17F2N3O/c1-10-6-14-17(23-10)16(22-9-21-14)13-7-12(18(19)20)4-5-15(13)24-8-11-2-3-11/h4-7,9,11,18,23H,2-3,8H2,1H3. The summed E-state index contributed by atoms with van der Waals surface area (Å²) in [4.78, 5) is 11.8. The van der Waals surface area contributed by atoms with E-state index in [2.05, 4.69) is 15.0 Å². The molecule has 1 aliphatic carbocycles. The van der Waals surface area contributed by atoms with Crippen molar-refractivity contribution in [2.75, 3.05) is 6.61 Å². The number of aromatic amines is 1. The van der Waals surface area contributed by atoms with E-state index >= 15 is 0 Å². The van der Waals surface area contributed by atoms with E-state index in [1.807, 2.05) is 13.0 Å². The summed E-state index contributed by atoms with van der Waals surface area (Å²) >= 11 is 0. The molecule has 0 amide bonds. The number of H-pyrrole nitrogens is 1. The number of nitrogens with zero attached hydrogens (tertiary/aromatic N) is 2. The van der Waals surface area contributed by atoms with Crippen LogP contribution in [-0.2, 0) is 0 Å². The first-order valence-electron chi connectivity index (χ1n) is 7.97. The van der Waals surface area contributed by atoms with E-state index in [4.69, 9.17) is 4.74 Å². The third kappa shape index (κ3) is 2.84. The minimum atomic E-state index is -2.54. The zero-order chi connectivity index (χ0) is 16.7. The number of rotatable bonds is 5. The number of aromatic nitrogens is 3. The summed E-state index contributed by atoms with van der Waals surface area (Å²) in [7, 11) is 0. The van der Waals surface area contributed by atoms with Crippen molar-refractivity contribution in [1.29, 1.82) is 0 Å². The van der Waals surface area contributed by atoms with Crippen LogP contribution in [0.1, 0.15) is 30.5 Å². The van der Waals surface area contributed by atoms with E-state index in [0.29, 0.717) is 29.5 Å². The maximum atomic E-state index is 13.2. The Morgan fingerprint density at radius 1 is 1.25 bits per heavy atom. The average molecular weight is 329 g/mol. The van der Waals surface area contributed by atoms with Gasteiger partial charge in [0.2, 0.25) is 0 Å². The van der Waals surface area contributed by atoms with Gasteiger partial charge in [-0.3, -0.25) is 0 Å². The zero-order valence-corrected chi connectivity index (χ0v) is 13.2. The Morgan fingerprint density at radius 3 is 2.83 bits per heavy atom. The summed E-state index contributed by atoms with van der Waals surface area (Å²) in [6.07, 6.45) is 1.24. The van der Waals surface area contributed by atoms with Crippen molar-refractivity contribution in [2.24, 2.45) is 5.92 Å². The Hall–Kier alpha value is -2.50. The van der Waals surface area contributed by atoms with Crippen molar-refractivity contribution in [1.82, 2.24) is 15.0 Å². The molecule has 0 bridgehead atoms. The second kappa shape index (κ2) is 5.85. The highest BCUT2D eigenvalue weighted by Crippen LogP contribution is 2.37. The van der Waals surface area contributed by atoms with Crippen molar-refractivity contribution in [3.63, 3.8) is 0 Å². The minimum Gasteiger partial charge on any atom is -0.493 e. The fourth-order valence-corrected chi connectivity index (χ4v) is 2.76. The van der Waals surface area contributed by atoms with Crippen LogP contribution in [0.5, 0.6) is 5.75 Å². The first-order chi connectivity index (χ1) is 11.6. The van der Waals surface area contributed by atoms with Crippen LogP contribution in [0.15, 0.2) is 30.6 Å². The topological polar surface area (TPSA) is 50.8 Å². The largest absolute Gasteiger partial charge is 0.493 e. The van der Waals surface area contributed by atoms with Crippen LogP contribution >= 0.6 is 0 Å². The molecule has 0 saturated heterocycles. The van der Waals surface area contributed by atoms with Crippen molar-refractivity contribution < 1.29 is 13.5 Å². The molecular weight excluding hydrogens is 312 g/mol. The van der Waals surface area contributed by atoms with Crippen LogP contribution in [0, 0.1) is 12.8 Å². The molecule has 1 aromatic carbocycles. The Morgan fingerprint density at radius 2 is 2.08 bits per heavy atom. The van der Waals surface area contributed by atoms with Gasteiger partial charge < -0.3 is 9.72 Å². The monoisotopic (exact) mass is 329 g/mol. The smallest absolute Gasteiger partial charge is 0.263 e. The van der Waals surface area contributed by atoms with Gasteiger partial charge in [-0.15, -0.1) is 0 Å². The molecule has 6 heteroatoms. The van der Waals surface area contributed by atoms with Crippen LogP contribution in [0.4, 0.5) is 8.78 Å². The van der Waals surface area contributed by atoms with Crippen molar-refractivity contribution in [3.05, 3.63) is 41.9 Å². The Bertz CT molecular complexity index is 887. The number of hydrogen-bond acceptors (Lipinski definition) is 3. The molecule has 1 fully saturated rings. The molecule has 4 nitrogen and oxygen atoms in total. The zero-order valence-electron chi connectivity index (χ0n) is 13.2. The Labute approximate surface area is 137 Å². The highest BCUT2D eigenvalue weighted by Gasteiger charge is 2.23. The molecule has 24 heavy (non-hydrogen) atoms. The van der Waals surface area contributed by atoms with Crippen molar-refractivity contribution in [3.8, 4) is 17.0 Å². The number of aryl methyl sites for hydroxylation is 1. The van der Waals surface area contributed by atoms with Gasteiger partial charge in [-0.2, -0.15) is 0 Å².